The molecule has 5 nitrogen and oxygen atoms in total. The number of nitrogens with zero attached hydrogens (tertiary/aromatic N) is 4. The lowest BCUT2D eigenvalue weighted by Gasteiger charge is -2.12. The summed E-state index contributed by atoms with van der Waals surface area (Å²) in [5, 5.41) is 8.10. The van der Waals surface area contributed by atoms with Gasteiger partial charge in [-0.1, -0.05) is 24.3 Å². The summed E-state index contributed by atoms with van der Waals surface area (Å²) < 4.78 is 69.5. The van der Waals surface area contributed by atoms with Crippen molar-refractivity contribution in [2.45, 2.75) is 19.0 Å². The first kappa shape index (κ1) is 21.4. The predicted molar refractivity (Wildman–Crippen MR) is 107 cm³/mol. The maximum atomic E-state index is 14.0. The highest BCUT2D eigenvalue weighted by Crippen LogP contribution is 2.32. The lowest BCUT2D eigenvalue weighted by atomic mass is 10.2. The molecule has 0 unspecified atom stereocenters. The van der Waals surface area contributed by atoms with Gasteiger partial charge in [0.1, 0.15) is 5.69 Å². The highest BCUT2D eigenvalue weighted by molar-refractivity contribution is 5.58. The van der Waals surface area contributed by atoms with Crippen LogP contribution < -0.4 is 5.43 Å². The van der Waals surface area contributed by atoms with Crippen molar-refractivity contribution in [3.8, 4) is 22.8 Å². The summed E-state index contributed by atoms with van der Waals surface area (Å²) in [5.74, 6) is -3.29. The normalized spacial score (nSPS) is 12.2. The average molecular weight is 446 g/mol. The van der Waals surface area contributed by atoms with Crippen molar-refractivity contribution in [3.63, 3.8) is 0 Å². The van der Waals surface area contributed by atoms with Crippen molar-refractivity contribution in [1.29, 1.82) is 0 Å². The molecule has 0 amide bonds. The quantitative estimate of drug-likeness (QED) is 0.404. The van der Waals surface area contributed by atoms with Gasteiger partial charge in [-0.15, -0.1) is 0 Å². The summed E-state index contributed by atoms with van der Waals surface area (Å²) in [6.07, 6.45) is -3.36. The van der Waals surface area contributed by atoms with Crippen molar-refractivity contribution < 1.29 is 22.0 Å². The first-order valence-corrected chi connectivity index (χ1v) is 9.36. The molecule has 164 valence electrons. The minimum atomic E-state index is -4.56. The number of para-hydroxylation sites is 1. The van der Waals surface area contributed by atoms with Crippen LogP contribution in [-0.4, -0.2) is 19.6 Å². The number of rotatable bonds is 4. The Balaban J connectivity index is 1.90. The van der Waals surface area contributed by atoms with E-state index >= 15 is 0 Å². The van der Waals surface area contributed by atoms with Crippen molar-refractivity contribution in [1.82, 2.24) is 19.6 Å². The van der Waals surface area contributed by atoms with Gasteiger partial charge in [-0.3, -0.25) is 4.79 Å². The third-order valence-electron chi connectivity index (χ3n) is 4.65. The van der Waals surface area contributed by atoms with Crippen LogP contribution in [0.4, 0.5) is 22.0 Å². The zero-order chi connectivity index (χ0) is 23.1. The molecule has 0 atom stereocenters. The Labute approximate surface area is 178 Å². The molecule has 0 saturated carbocycles. The molecule has 10 heteroatoms. The van der Waals surface area contributed by atoms with Crippen LogP contribution in [0, 0.1) is 0 Å². The Morgan fingerprint density at radius 1 is 0.812 bits per heavy atom. The number of benzene rings is 2. The number of hydrogen-bond acceptors (Lipinski definition) is 3. The van der Waals surface area contributed by atoms with Crippen molar-refractivity contribution >= 4 is 0 Å². The van der Waals surface area contributed by atoms with Gasteiger partial charge in [0.15, 0.2) is 5.69 Å². The van der Waals surface area contributed by atoms with E-state index in [1.54, 1.807) is 30.3 Å². The molecule has 0 saturated heterocycles. The highest BCUT2D eigenvalue weighted by Gasteiger charge is 2.32. The fourth-order valence-electron chi connectivity index (χ4n) is 3.08. The third kappa shape index (κ3) is 4.16. The van der Waals surface area contributed by atoms with Crippen LogP contribution in [0.1, 0.15) is 18.2 Å². The highest BCUT2D eigenvalue weighted by atomic mass is 19.4. The molecule has 2 aromatic carbocycles. The molecule has 0 spiro atoms. The van der Waals surface area contributed by atoms with Crippen LogP contribution in [0.3, 0.4) is 0 Å². The van der Waals surface area contributed by atoms with Crippen LogP contribution >= 0.6 is 0 Å². The van der Waals surface area contributed by atoms with Crippen LogP contribution in [0.15, 0.2) is 77.7 Å². The number of halogens is 5. The summed E-state index contributed by atoms with van der Waals surface area (Å²) in [5.41, 5.74) is -1.86. The average Bonchev–Trinajstić information content (AvgIpc) is 3.20. The van der Waals surface area contributed by atoms with Crippen LogP contribution in [0.2, 0.25) is 0 Å². The Morgan fingerprint density at radius 3 is 2.16 bits per heavy atom. The zero-order valence-corrected chi connectivity index (χ0v) is 16.5. The number of hydrogen-bond donors (Lipinski definition) is 0. The molecule has 0 aliphatic heterocycles. The van der Waals surface area contributed by atoms with Crippen molar-refractivity contribution in [2.75, 3.05) is 0 Å². The van der Waals surface area contributed by atoms with Crippen LogP contribution in [0.5, 0.6) is 0 Å². The second-order valence-corrected chi connectivity index (χ2v) is 7.07. The molecule has 32 heavy (non-hydrogen) atoms. The van der Waals surface area contributed by atoms with E-state index < -0.39 is 28.8 Å². The summed E-state index contributed by atoms with van der Waals surface area (Å²) in [4.78, 5) is 12.6. The summed E-state index contributed by atoms with van der Waals surface area (Å²) in [7, 11) is 0. The van der Waals surface area contributed by atoms with Gasteiger partial charge in [-0.25, -0.2) is 9.36 Å². The third-order valence-corrected chi connectivity index (χ3v) is 4.65. The van der Waals surface area contributed by atoms with E-state index in [0.717, 1.165) is 33.6 Å². The lowest BCUT2D eigenvalue weighted by molar-refractivity contribution is -0.137. The van der Waals surface area contributed by atoms with Crippen molar-refractivity contribution in [2.24, 2.45) is 0 Å². The Kier molecular flexibility index (Phi) is 5.15. The van der Waals surface area contributed by atoms with Gasteiger partial charge >= 0.3 is 6.18 Å². The Bertz CT molecular complexity index is 1320. The van der Waals surface area contributed by atoms with Gasteiger partial charge in [-0.05, 0) is 36.4 Å². The largest absolute Gasteiger partial charge is 0.416 e. The number of aromatic nitrogens is 4. The van der Waals surface area contributed by atoms with Gasteiger partial charge < -0.3 is 0 Å². The Hall–Kier alpha value is -3.82. The molecular formula is C22H15F5N4O. The predicted octanol–water partition coefficient (Wildman–Crippen LogP) is 5.22. The van der Waals surface area contributed by atoms with Crippen LogP contribution in [0.25, 0.3) is 22.8 Å². The van der Waals surface area contributed by atoms with Gasteiger partial charge in [0.2, 0.25) is 5.43 Å². The zero-order valence-electron chi connectivity index (χ0n) is 16.5. The summed E-state index contributed by atoms with van der Waals surface area (Å²) in [6, 6.07) is 14.8. The lowest BCUT2D eigenvalue weighted by Crippen LogP contribution is -2.15. The SMILES string of the molecule is CC(F)(F)c1cc(-c2nn(-c3cccc(C(F)(F)F)c3)ccc2=O)n(-c2ccccc2)n1. The van der Waals surface area contributed by atoms with Crippen molar-refractivity contribution in [3.05, 3.63) is 94.4 Å². The van der Waals surface area contributed by atoms with E-state index in [-0.39, 0.29) is 17.1 Å². The van der Waals surface area contributed by atoms with Gasteiger partial charge in [0, 0.05) is 19.2 Å². The minimum absolute atomic E-state index is 0.0148. The molecule has 0 aliphatic rings. The molecule has 4 aromatic rings. The molecule has 0 aliphatic carbocycles. The fourth-order valence-corrected chi connectivity index (χ4v) is 3.08. The molecule has 0 N–H and O–H groups in total. The van der Waals surface area contributed by atoms with E-state index in [2.05, 4.69) is 10.2 Å². The van der Waals surface area contributed by atoms with E-state index in [4.69, 9.17) is 0 Å². The molecule has 0 bridgehead atoms. The Morgan fingerprint density at radius 2 is 1.50 bits per heavy atom. The maximum absolute atomic E-state index is 14.0. The van der Waals surface area contributed by atoms with Crippen LogP contribution in [-0.2, 0) is 12.1 Å². The van der Waals surface area contributed by atoms with E-state index in [1.807, 2.05) is 0 Å². The molecule has 2 heterocycles. The van der Waals surface area contributed by atoms with Gasteiger partial charge in [-0.2, -0.15) is 32.1 Å². The van der Waals surface area contributed by atoms with Gasteiger partial charge in [0.25, 0.3) is 5.92 Å². The molecule has 0 radical (unpaired) electrons. The monoisotopic (exact) mass is 446 g/mol. The van der Waals surface area contributed by atoms with E-state index in [9.17, 15) is 26.7 Å². The van der Waals surface area contributed by atoms with E-state index in [0.29, 0.717) is 12.6 Å². The van der Waals surface area contributed by atoms with E-state index in [1.165, 1.54) is 18.3 Å². The second-order valence-electron chi connectivity index (χ2n) is 7.07. The molecule has 0 fully saturated rings. The maximum Gasteiger partial charge on any atom is 0.416 e. The first-order valence-electron chi connectivity index (χ1n) is 9.36. The second kappa shape index (κ2) is 7.70. The standard InChI is InChI=1S/C22H15F5N4O/c1-21(23,24)19-13-17(31(28-19)15-7-3-2-4-8-15)20-18(32)10-11-30(29-20)16-9-5-6-14(12-16)22(25,26)27/h2-13H,1H3. The molecular weight excluding hydrogens is 431 g/mol. The molecule has 4 rings (SSSR count). The van der Waals surface area contributed by atoms with Gasteiger partial charge in [0.05, 0.1) is 22.6 Å². The summed E-state index contributed by atoms with van der Waals surface area (Å²) >= 11 is 0. The molecule has 2 aromatic heterocycles. The summed E-state index contributed by atoms with van der Waals surface area (Å²) in [6.45, 7) is 0.674. The topological polar surface area (TPSA) is 52.7 Å². The number of alkyl halides is 5. The minimum Gasteiger partial charge on any atom is -0.287 e. The first-order chi connectivity index (χ1) is 15.0. The fraction of sp³-hybridized carbons (Fsp3) is 0.136. The smallest absolute Gasteiger partial charge is 0.287 e.